The number of nitrogens with zero attached hydrogens (tertiary/aromatic N) is 1. The van der Waals surface area contributed by atoms with Crippen LogP contribution in [0.2, 0.25) is 0 Å². The largest absolute Gasteiger partial charge is 0.386 e. The lowest BCUT2D eigenvalue weighted by Crippen LogP contribution is -2.38. The number of rotatable bonds is 8. The van der Waals surface area contributed by atoms with Crippen LogP contribution < -0.4 is 10.6 Å². The van der Waals surface area contributed by atoms with Gasteiger partial charge in [0.05, 0.1) is 29.9 Å². The molecule has 4 N–H and O–H groups in total. The van der Waals surface area contributed by atoms with Crippen LogP contribution in [0.3, 0.4) is 0 Å². The van der Waals surface area contributed by atoms with Crippen molar-refractivity contribution in [3.63, 3.8) is 0 Å². The van der Waals surface area contributed by atoms with Crippen LogP contribution in [-0.4, -0.2) is 39.1 Å². The summed E-state index contributed by atoms with van der Waals surface area (Å²) in [6.45, 7) is 3.42. The van der Waals surface area contributed by atoms with Gasteiger partial charge in [-0.3, -0.25) is 14.6 Å². The first-order valence-corrected chi connectivity index (χ1v) is 10.4. The van der Waals surface area contributed by atoms with E-state index in [1.165, 1.54) is 18.3 Å². The van der Waals surface area contributed by atoms with Crippen LogP contribution in [0.5, 0.6) is 0 Å². The summed E-state index contributed by atoms with van der Waals surface area (Å²) in [6.07, 6.45) is -0.400. The molecule has 0 radical (unpaired) electrons. The molecule has 166 valence electrons. The minimum atomic E-state index is -0.859. The number of aromatic nitrogens is 1. The number of amides is 2. The van der Waals surface area contributed by atoms with Gasteiger partial charge in [-0.25, -0.2) is 0 Å². The predicted molar refractivity (Wildman–Crippen MR) is 121 cm³/mol. The molecule has 0 spiro atoms. The van der Waals surface area contributed by atoms with Gasteiger partial charge in [-0.15, -0.1) is 0 Å². The van der Waals surface area contributed by atoms with E-state index in [-0.39, 0.29) is 11.3 Å². The summed E-state index contributed by atoms with van der Waals surface area (Å²) in [5, 5.41) is 26.3. The van der Waals surface area contributed by atoms with Crippen LogP contribution in [0.25, 0.3) is 0 Å². The molecule has 7 nitrogen and oxygen atoms in total. The van der Waals surface area contributed by atoms with Crippen LogP contribution in [0.15, 0.2) is 79.0 Å². The maximum Gasteiger partial charge on any atom is 0.270 e. The Hall–Kier alpha value is -3.55. The molecule has 3 aromatic rings. The van der Waals surface area contributed by atoms with Gasteiger partial charge in [-0.2, -0.15) is 0 Å². The molecule has 0 saturated heterocycles. The van der Waals surface area contributed by atoms with Gasteiger partial charge in [-0.05, 0) is 37.1 Å². The van der Waals surface area contributed by atoms with Gasteiger partial charge in [0, 0.05) is 6.20 Å². The van der Waals surface area contributed by atoms with Crippen molar-refractivity contribution < 1.29 is 19.8 Å². The van der Waals surface area contributed by atoms with E-state index in [0.717, 1.165) is 0 Å². The zero-order valence-electron chi connectivity index (χ0n) is 18.0. The third-order valence-electron chi connectivity index (χ3n) is 5.21. The van der Waals surface area contributed by atoms with Gasteiger partial charge < -0.3 is 20.8 Å². The average molecular weight is 434 g/mol. The topological polar surface area (TPSA) is 112 Å². The SMILES string of the molecule is CC(NC(=O)c1ccc(C(=O)NC(C)C(O)c2ccccc2)nc1)C(O)c1ccccc1. The monoisotopic (exact) mass is 433 g/mol. The molecule has 4 atom stereocenters. The first kappa shape index (κ1) is 23.1. The fraction of sp³-hybridized carbons (Fsp3) is 0.240. The molecule has 0 saturated carbocycles. The molecule has 2 amide bonds. The summed E-state index contributed by atoms with van der Waals surface area (Å²) >= 11 is 0. The molecule has 3 rings (SSSR count). The first-order chi connectivity index (χ1) is 15.4. The normalized spacial score (nSPS) is 14.6. The predicted octanol–water partition coefficient (Wildman–Crippen LogP) is 2.79. The summed E-state index contributed by atoms with van der Waals surface area (Å²) in [7, 11) is 0. The van der Waals surface area contributed by atoms with E-state index < -0.39 is 36.1 Å². The highest BCUT2D eigenvalue weighted by Gasteiger charge is 2.21. The number of carbonyl (C=O) groups is 2. The maximum absolute atomic E-state index is 12.5. The fourth-order valence-electron chi connectivity index (χ4n) is 3.27. The molecular weight excluding hydrogens is 406 g/mol. The molecule has 4 unspecified atom stereocenters. The minimum absolute atomic E-state index is 0.131. The lowest BCUT2D eigenvalue weighted by atomic mass is 10.0. The number of hydrogen-bond acceptors (Lipinski definition) is 5. The van der Waals surface area contributed by atoms with E-state index in [9.17, 15) is 19.8 Å². The lowest BCUT2D eigenvalue weighted by Gasteiger charge is -2.21. The van der Waals surface area contributed by atoms with Gasteiger partial charge >= 0.3 is 0 Å². The Balaban J connectivity index is 1.57. The van der Waals surface area contributed by atoms with E-state index in [4.69, 9.17) is 0 Å². The fourth-order valence-corrected chi connectivity index (χ4v) is 3.27. The molecule has 1 heterocycles. The molecule has 0 aliphatic heterocycles. The molecule has 32 heavy (non-hydrogen) atoms. The van der Waals surface area contributed by atoms with E-state index in [1.54, 1.807) is 38.1 Å². The van der Waals surface area contributed by atoms with Gasteiger partial charge in [0.1, 0.15) is 5.69 Å². The van der Waals surface area contributed by atoms with Crippen LogP contribution >= 0.6 is 0 Å². The van der Waals surface area contributed by atoms with Gasteiger partial charge in [0.25, 0.3) is 11.8 Å². The smallest absolute Gasteiger partial charge is 0.270 e. The van der Waals surface area contributed by atoms with E-state index in [1.807, 2.05) is 36.4 Å². The summed E-state index contributed by atoms with van der Waals surface area (Å²) in [5.41, 5.74) is 1.81. The Labute approximate surface area is 187 Å². The molecule has 1 aromatic heterocycles. The molecular formula is C25H27N3O4. The van der Waals surface area contributed by atoms with Crippen LogP contribution in [0, 0.1) is 0 Å². The molecule has 7 heteroatoms. The van der Waals surface area contributed by atoms with E-state index in [2.05, 4.69) is 15.6 Å². The maximum atomic E-state index is 12.5. The second kappa shape index (κ2) is 10.7. The second-order valence-electron chi connectivity index (χ2n) is 7.67. The number of pyridine rings is 1. The highest BCUT2D eigenvalue weighted by Crippen LogP contribution is 2.17. The van der Waals surface area contributed by atoms with Crippen LogP contribution in [-0.2, 0) is 0 Å². The van der Waals surface area contributed by atoms with Gasteiger partial charge in [-0.1, -0.05) is 60.7 Å². The van der Waals surface area contributed by atoms with Crippen molar-refractivity contribution in [2.45, 2.75) is 38.1 Å². The lowest BCUT2D eigenvalue weighted by molar-refractivity contribution is 0.0839. The quantitative estimate of drug-likeness (QED) is 0.437. The van der Waals surface area contributed by atoms with Crippen molar-refractivity contribution in [2.75, 3.05) is 0 Å². The van der Waals surface area contributed by atoms with Crippen LogP contribution in [0.1, 0.15) is 58.0 Å². The van der Waals surface area contributed by atoms with Crippen molar-refractivity contribution in [2.24, 2.45) is 0 Å². The highest BCUT2D eigenvalue weighted by molar-refractivity contribution is 5.96. The van der Waals surface area contributed by atoms with Crippen molar-refractivity contribution in [3.05, 3.63) is 101 Å². The molecule has 2 aromatic carbocycles. The van der Waals surface area contributed by atoms with E-state index in [0.29, 0.717) is 11.1 Å². The zero-order valence-corrected chi connectivity index (χ0v) is 18.0. The van der Waals surface area contributed by atoms with Gasteiger partial charge in [0.15, 0.2) is 0 Å². The first-order valence-electron chi connectivity index (χ1n) is 10.4. The summed E-state index contributed by atoms with van der Waals surface area (Å²) in [6, 6.07) is 20.0. The van der Waals surface area contributed by atoms with Crippen molar-refractivity contribution >= 4 is 11.8 Å². The summed E-state index contributed by atoms with van der Waals surface area (Å²) in [4.78, 5) is 29.1. The molecule has 0 aliphatic carbocycles. The Morgan fingerprint density at radius 1 is 0.719 bits per heavy atom. The Kier molecular flexibility index (Phi) is 7.70. The molecule has 0 fully saturated rings. The third kappa shape index (κ3) is 5.78. The minimum Gasteiger partial charge on any atom is -0.386 e. The number of aliphatic hydroxyl groups excluding tert-OH is 2. The standard InChI is InChI=1S/C25H27N3O4/c1-16(22(29)18-9-5-3-6-10-18)27-24(31)20-13-14-21(26-15-20)25(32)28-17(2)23(30)19-11-7-4-8-12-19/h3-17,22-23,29-30H,1-2H3,(H,27,31)(H,28,32). The Morgan fingerprint density at radius 2 is 1.19 bits per heavy atom. The van der Waals surface area contributed by atoms with E-state index >= 15 is 0 Å². The average Bonchev–Trinajstić information content (AvgIpc) is 2.84. The number of aliphatic hydroxyl groups is 2. The van der Waals surface area contributed by atoms with Crippen LogP contribution in [0.4, 0.5) is 0 Å². The number of benzene rings is 2. The Morgan fingerprint density at radius 3 is 1.62 bits per heavy atom. The zero-order chi connectivity index (χ0) is 23.1. The molecule has 0 aliphatic rings. The Bertz CT molecular complexity index is 942. The summed E-state index contributed by atoms with van der Waals surface area (Å²) in [5.74, 6) is -0.855. The van der Waals surface area contributed by atoms with Crippen molar-refractivity contribution in [3.8, 4) is 0 Å². The van der Waals surface area contributed by atoms with Gasteiger partial charge in [0.2, 0.25) is 0 Å². The van der Waals surface area contributed by atoms with Crippen molar-refractivity contribution in [1.82, 2.24) is 15.6 Å². The third-order valence-corrected chi connectivity index (χ3v) is 5.21. The second-order valence-corrected chi connectivity index (χ2v) is 7.67. The van der Waals surface area contributed by atoms with Crippen molar-refractivity contribution in [1.29, 1.82) is 0 Å². The number of nitrogens with one attached hydrogen (secondary N) is 2. The summed E-state index contributed by atoms with van der Waals surface area (Å²) < 4.78 is 0. The highest BCUT2D eigenvalue weighted by atomic mass is 16.3. The molecule has 0 bridgehead atoms. The number of carbonyl (C=O) groups excluding carboxylic acids is 2. The number of hydrogen-bond donors (Lipinski definition) is 4.